The lowest BCUT2D eigenvalue weighted by Crippen LogP contribution is -2.41. The highest BCUT2D eigenvalue weighted by molar-refractivity contribution is 5.83. The summed E-state index contributed by atoms with van der Waals surface area (Å²) < 4.78 is 5.51. The third-order valence-corrected chi connectivity index (χ3v) is 3.29. The number of hydrogen-bond acceptors (Lipinski definition) is 3. The van der Waals surface area contributed by atoms with Gasteiger partial charge in [-0.25, -0.2) is 4.79 Å². The fourth-order valence-electron chi connectivity index (χ4n) is 1.88. The molecule has 116 valence electrons. The zero-order valence-electron chi connectivity index (χ0n) is 12.8. The Kier molecular flexibility index (Phi) is 6.72. The summed E-state index contributed by atoms with van der Waals surface area (Å²) in [5.41, 5.74) is 2.31. The summed E-state index contributed by atoms with van der Waals surface area (Å²) in [7, 11) is 0. The van der Waals surface area contributed by atoms with Crippen LogP contribution in [0.15, 0.2) is 18.2 Å². The molecule has 0 spiro atoms. The number of hydrogen-bond donors (Lipinski definition) is 2. The summed E-state index contributed by atoms with van der Waals surface area (Å²) in [6, 6.07) is 4.93. The van der Waals surface area contributed by atoms with E-state index in [1.807, 2.05) is 39.0 Å². The van der Waals surface area contributed by atoms with Crippen LogP contribution in [0.5, 0.6) is 5.75 Å². The zero-order chi connectivity index (χ0) is 15.8. The molecular weight excluding hydrogens is 270 g/mol. The van der Waals surface area contributed by atoms with Crippen molar-refractivity contribution in [2.45, 2.75) is 46.1 Å². The van der Waals surface area contributed by atoms with Crippen molar-refractivity contribution in [2.24, 2.45) is 0 Å². The first-order valence-corrected chi connectivity index (χ1v) is 7.16. The topological polar surface area (TPSA) is 75.6 Å². The van der Waals surface area contributed by atoms with Crippen molar-refractivity contribution in [3.05, 3.63) is 29.3 Å². The van der Waals surface area contributed by atoms with Gasteiger partial charge in [-0.1, -0.05) is 19.4 Å². The Morgan fingerprint density at radius 1 is 1.29 bits per heavy atom. The summed E-state index contributed by atoms with van der Waals surface area (Å²) in [6.45, 7) is 6.13. The van der Waals surface area contributed by atoms with Crippen LogP contribution in [0.1, 0.15) is 37.3 Å². The maximum Gasteiger partial charge on any atom is 0.326 e. The largest absolute Gasteiger partial charge is 0.493 e. The Morgan fingerprint density at radius 3 is 2.57 bits per heavy atom. The van der Waals surface area contributed by atoms with Crippen LogP contribution in [0.3, 0.4) is 0 Å². The van der Waals surface area contributed by atoms with Crippen molar-refractivity contribution in [1.29, 1.82) is 0 Å². The molecule has 0 saturated carbocycles. The maximum atomic E-state index is 11.7. The van der Waals surface area contributed by atoms with Gasteiger partial charge in [-0.15, -0.1) is 0 Å². The smallest absolute Gasteiger partial charge is 0.326 e. The van der Waals surface area contributed by atoms with Crippen molar-refractivity contribution in [3.8, 4) is 5.75 Å². The molecule has 0 aliphatic rings. The molecule has 1 atom stereocenters. The van der Waals surface area contributed by atoms with Crippen LogP contribution in [0.2, 0.25) is 0 Å². The minimum atomic E-state index is -1.000. The number of amides is 1. The minimum Gasteiger partial charge on any atom is -0.493 e. The molecule has 1 rings (SSSR count). The van der Waals surface area contributed by atoms with Crippen molar-refractivity contribution in [3.63, 3.8) is 0 Å². The van der Waals surface area contributed by atoms with Gasteiger partial charge < -0.3 is 15.2 Å². The normalized spacial score (nSPS) is 11.8. The molecule has 1 aromatic rings. The number of carboxylic acids is 1. The molecule has 0 aliphatic carbocycles. The fourth-order valence-corrected chi connectivity index (χ4v) is 1.88. The SMILES string of the molecule is CCC[C@H](NC(=O)CCOc1ccc(C)c(C)c1)C(=O)O. The first-order chi connectivity index (χ1) is 9.93. The number of benzene rings is 1. The second kappa shape index (κ2) is 8.29. The third-order valence-electron chi connectivity index (χ3n) is 3.29. The highest BCUT2D eigenvalue weighted by Gasteiger charge is 2.18. The molecule has 0 aliphatic heterocycles. The summed E-state index contributed by atoms with van der Waals surface area (Å²) in [5, 5.41) is 11.5. The Balaban J connectivity index is 2.39. The van der Waals surface area contributed by atoms with Gasteiger partial charge in [-0.2, -0.15) is 0 Å². The number of rotatable bonds is 8. The van der Waals surface area contributed by atoms with E-state index < -0.39 is 12.0 Å². The molecular formula is C16H23NO4. The Labute approximate surface area is 125 Å². The molecule has 1 aromatic carbocycles. The molecule has 5 nitrogen and oxygen atoms in total. The highest BCUT2D eigenvalue weighted by atomic mass is 16.5. The number of carbonyl (C=O) groups is 2. The van der Waals surface area contributed by atoms with Gasteiger partial charge in [0.1, 0.15) is 11.8 Å². The molecule has 1 amide bonds. The quantitative estimate of drug-likeness (QED) is 0.772. The third kappa shape index (κ3) is 5.85. The van der Waals surface area contributed by atoms with Gasteiger partial charge in [0.2, 0.25) is 5.91 Å². The molecule has 0 radical (unpaired) electrons. The predicted octanol–water partition coefficient (Wildman–Crippen LogP) is 2.44. The van der Waals surface area contributed by atoms with E-state index in [-0.39, 0.29) is 18.9 Å². The minimum absolute atomic E-state index is 0.139. The molecule has 0 unspecified atom stereocenters. The summed E-state index contributed by atoms with van der Waals surface area (Å²) in [4.78, 5) is 22.6. The first kappa shape index (κ1) is 17.0. The van der Waals surface area contributed by atoms with Crippen LogP contribution in [-0.4, -0.2) is 29.6 Å². The monoisotopic (exact) mass is 293 g/mol. The number of nitrogens with one attached hydrogen (secondary N) is 1. The van der Waals surface area contributed by atoms with Gasteiger partial charge in [0.05, 0.1) is 13.0 Å². The van der Waals surface area contributed by atoms with E-state index >= 15 is 0 Å². The van der Waals surface area contributed by atoms with Crippen LogP contribution in [0.25, 0.3) is 0 Å². The van der Waals surface area contributed by atoms with Gasteiger partial charge >= 0.3 is 5.97 Å². The molecule has 0 heterocycles. The van der Waals surface area contributed by atoms with Gasteiger partial charge in [0, 0.05) is 0 Å². The lowest BCUT2D eigenvalue weighted by molar-refractivity contribution is -0.142. The van der Waals surface area contributed by atoms with Gasteiger partial charge in [-0.05, 0) is 43.5 Å². The number of carbonyl (C=O) groups excluding carboxylic acids is 1. The van der Waals surface area contributed by atoms with Crippen LogP contribution in [0.4, 0.5) is 0 Å². The van der Waals surface area contributed by atoms with Crippen LogP contribution >= 0.6 is 0 Å². The van der Waals surface area contributed by atoms with E-state index in [9.17, 15) is 9.59 Å². The Bertz CT molecular complexity index is 499. The average Bonchev–Trinajstić information content (AvgIpc) is 2.42. The van der Waals surface area contributed by atoms with Crippen LogP contribution in [-0.2, 0) is 9.59 Å². The molecule has 0 fully saturated rings. The van der Waals surface area contributed by atoms with E-state index in [1.165, 1.54) is 5.56 Å². The van der Waals surface area contributed by atoms with Crippen molar-refractivity contribution in [2.75, 3.05) is 6.61 Å². The van der Waals surface area contributed by atoms with E-state index in [0.29, 0.717) is 18.6 Å². The molecule has 0 bridgehead atoms. The number of aryl methyl sites for hydroxylation is 2. The lowest BCUT2D eigenvalue weighted by Gasteiger charge is -2.14. The molecule has 5 heteroatoms. The Morgan fingerprint density at radius 2 is 2.00 bits per heavy atom. The second-order valence-electron chi connectivity index (χ2n) is 5.09. The fraction of sp³-hybridized carbons (Fsp3) is 0.500. The summed E-state index contributed by atoms with van der Waals surface area (Å²) in [5.74, 6) is -0.589. The van der Waals surface area contributed by atoms with E-state index in [0.717, 1.165) is 5.56 Å². The van der Waals surface area contributed by atoms with Crippen molar-refractivity contribution < 1.29 is 19.4 Å². The van der Waals surface area contributed by atoms with Crippen LogP contribution < -0.4 is 10.1 Å². The average molecular weight is 293 g/mol. The van der Waals surface area contributed by atoms with Crippen molar-refractivity contribution >= 4 is 11.9 Å². The lowest BCUT2D eigenvalue weighted by atomic mass is 10.1. The number of ether oxygens (including phenoxy) is 1. The second-order valence-corrected chi connectivity index (χ2v) is 5.09. The summed E-state index contributed by atoms with van der Waals surface area (Å²) in [6.07, 6.45) is 1.27. The summed E-state index contributed by atoms with van der Waals surface area (Å²) >= 11 is 0. The van der Waals surface area contributed by atoms with E-state index in [2.05, 4.69) is 5.32 Å². The number of carboxylic acid groups (broad SMARTS) is 1. The van der Waals surface area contributed by atoms with Crippen LogP contribution in [0, 0.1) is 13.8 Å². The molecule has 0 aromatic heterocycles. The van der Waals surface area contributed by atoms with Gasteiger partial charge in [-0.3, -0.25) is 4.79 Å². The number of aliphatic carboxylic acids is 1. The standard InChI is InChI=1S/C16H23NO4/c1-4-5-14(16(19)20)17-15(18)8-9-21-13-7-6-11(2)12(3)10-13/h6-7,10,14H,4-5,8-9H2,1-3H3,(H,17,18)(H,19,20)/t14-/m0/s1. The van der Waals surface area contributed by atoms with E-state index in [1.54, 1.807) is 0 Å². The molecule has 2 N–H and O–H groups in total. The van der Waals surface area contributed by atoms with Gasteiger partial charge in [0.15, 0.2) is 0 Å². The predicted molar refractivity (Wildman–Crippen MR) is 80.5 cm³/mol. The Hall–Kier alpha value is -2.04. The highest BCUT2D eigenvalue weighted by Crippen LogP contribution is 2.16. The maximum absolute atomic E-state index is 11.7. The van der Waals surface area contributed by atoms with Crippen molar-refractivity contribution in [1.82, 2.24) is 5.32 Å². The molecule has 0 saturated heterocycles. The van der Waals surface area contributed by atoms with E-state index in [4.69, 9.17) is 9.84 Å². The zero-order valence-corrected chi connectivity index (χ0v) is 12.8. The molecule has 21 heavy (non-hydrogen) atoms. The van der Waals surface area contributed by atoms with Gasteiger partial charge in [0.25, 0.3) is 0 Å². The first-order valence-electron chi connectivity index (χ1n) is 7.16.